The molecule has 0 fully saturated rings. The molecule has 1 aromatic rings. The van der Waals surface area contributed by atoms with E-state index in [0.29, 0.717) is 18.7 Å². The van der Waals surface area contributed by atoms with Gasteiger partial charge in [-0.3, -0.25) is 9.59 Å². The smallest absolute Gasteiger partial charge is 0.251 e. The Bertz CT molecular complexity index is 413. The Balaban J connectivity index is 2.45. The third kappa shape index (κ3) is 4.18. The Labute approximate surface area is 107 Å². The number of hydrogen-bond acceptors (Lipinski definition) is 3. The van der Waals surface area contributed by atoms with Crippen LogP contribution in [-0.2, 0) is 11.3 Å². The van der Waals surface area contributed by atoms with E-state index in [2.05, 4.69) is 10.6 Å². The van der Waals surface area contributed by atoms with E-state index < -0.39 is 0 Å². The van der Waals surface area contributed by atoms with Gasteiger partial charge in [0.15, 0.2) is 0 Å². The lowest BCUT2D eigenvalue weighted by Gasteiger charge is -2.11. The molecule has 0 aliphatic carbocycles. The van der Waals surface area contributed by atoms with E-state index in [9.17, 15) is 9.59 Å². The van der Waals surface area contributed by atoms with Crippen LogP contribution in [0.15, 0.2) is 24.3 Å². The fourth-order valence-electron chi connectivity index (χ4n) is 1.39. The lowest BCUT2D eigenvalue weighted by atomic mass is 10.1. The van der Waals surface area contributed by atoms with Crippen molar-refractivity contribution in [2.75, 3.05) is 27.7 Å². The molecular weight excluding hydrogens is 230 g/mol. The van der Waals surface area contributed by atoms with E-state index in [-0.39, 0.29) is 11.8 Å². The molecule has 0 bridgehead atoms. The predicted octanol–water partition coefficient (Wildman–Crippen LogP) is 0.224. The zero-order chi connectivity index (χ0) is 13.5. The number of hydrogen-bond donors (Lipinski definition) is 2. The summed E-state index contributed by atoms with van der Waals surface area (Å²) < 4.78 is 0. The number of nitrogens with one attached hydrogen (secondary N) is 2. The van der Waals surface area contributed by atoms with Crippen molar-refractivity contribution in [3.63, 3.8) is 0 Å². The maximum atomic E-state index is 11.3. The Morgan fingerprint density at radius 1 is 1.17 bits per heavy atom. The van der Waals surface area contributed by atoms with Crippen LogP contribution in [0.2, 0.25) is 0 Å². The summed E-state index contributed by atoms with van der Waals surface area (Å²) in [5.74, 6) is -0.0609. The van der Waals surface area contributed by atoms with Gasteiger partial charge in [-0.15, -0.1) is 0 Å². The Morgan fingerprint density at radius 2 is 1.78 bits per heavy atom. The SMILES string of the molecule is CNC(=O)c1ccc(CNCC(=O)N(C)C)cc1. The Kier molecular flexibility index (Phi) is 5.32. The maximum Gasteiger partial charge on any atom is 0.251 e. The van der Waals surface area contributed by atoms with Gasteiger partial charge in [-0.1, -0.05) is 12.1 Å². The van der Waals surface area contributed by atoms with E-state index in [1.165, 1.54) is 0 Å². The van der Waals surface area contributed by atoms with Crippen molar-refractivity contribution in [1.82, 2.24) is 15.5 Å². The van der Waals surface area contributed by atoms with E-state index in [0.717, 1.165) is 5.56 Å². The van der Waals surface area contributed by atoms with E-state index in [1.54, 1.807) is 38.2 Å². The van der Waals surface area contributed by atoms with Gasteiger partial charge in [-0.2, -0.15) is 0 Å². The van der Waals surface area contributed by atoms with Gasteiger partial charge in [0.25, 0.3) is 5.91 Å². The van der Waals surface area contributed by atoms with Crippen LogP contribution in [0.3, 0.4) is 0 Å². The van der Waals surface area contributed by atoms with Crippen LogP contribution < -0.4 is 10.6 Å². The highest BCUT2D eigenvalue weighted by molar-refractivity contribution is 5.93. The first-order valence-electron chi connectivity index (χ1n) is 5.76. The highest BCUT2D eigenvalue weighted by Gasteiger charge is 2.04. The van der Waals surface area contributed by atoms with Crippen molar-refractivity contribution in [2.24, 2.45) is 0 Å². The van der Waals surface area contributed by atoms with Crippen LogP contribution in [0, 0.1) is 0 Å². The first-order valence-corrected chi connectivity index (χ1v) is 5.76. The minimum atomic E-state index is -0.0997. The third-order valence-corrected chi connectivity index (χ3v) is 2.55. The first-order chi connectivity index (χ1) is 8.54. The van der Waals surface area contributed by atoms with Crippen LogP contribution in [0.1, 0.15) is 15.9 Å². The number of likely N-dealkylation sites (N-methyl/N-ethyl adjacent to an activating group) is 1. The molecule has 0 saturated carbocycles. The van der Waals surface area contributed by atoms with Gasteiger partial charge in [-0.25, -0.2) is 0 Å². The summed E-state index contributed by atoms with van der Waals surface area (Å²) >= 11 is 0. The quantitative estimate of drug-likeness (QED) is 0.785. The van der Waals surface area contributed by atoms with Crippen LogP contribution in [0.25, 0.3) is 0 Å². The van der Waals surface area contributed by atoms with Gasteiger partial charge in [0, 0.05) is 33.3 Å². The summed E-state index contributed by atoms with van der Waals surface area (Å²) in [6, 6.07) is 7.28. The average Bonchev–Trinajstić information content (AvgIpc) is 2.38. The molecule has 0 spiro atoms. The van der Waals surface area contributed by atoms with Crippen LogP contribution in [-0.4, -0.2) is 44.4 Å². The van der Waals surface area contributed by atoms with Crippen molar-refractivity contribution < 1.29 is 9.59 Å². The fraction of sp³-hybridized carbons (Fsp3) is 0.385. The number of benzene rings is 1. The number of carbonyl (C=O) groups is 2. The van der Waals surface area contributed by atoms with Gasteiger partial charge in [0.2, 0.25) is 5.91 Å². The van der Waals surface area contributed by atoms with E-state index >= 15 is 0 Å². The molecule has 0 saturated heterocycles. The van der Waals surface area contributed by atoms with Crippen molar-refractivity contribution >= 4 is 11.8 Å². The normalized spacial score (nSPS) is 9.94. The molecule has 98 valence electrons. The Morgan fingerprint density at radius 3 is 2.28 bits per heavy atom. The highest BCUT2D eigenvalue weighted by atomic mass is 16.2. The lowest BCUT2D eigenvalue weighted by Crippen LogP contribution is -2.32. The second-order valence-corrected chi connectivity index (χ2v) is 4.17. The minimum Gasteiger partial charge on any atom is -0.355 e. The predicted molar refractivity (Wildman–Crippen MR) is 70.2 cm³/mol. The zero-order valence-electron chi connectivity index (χ0n) is 11.0. The average molecular weight is 249 g/mol. The summed E-state index contributed by atoms with van der Waals surface area (Å²) in [5, 5.41) is 5.62. The van der Waals surface area contributed by atoms with Gasteiger partial charge < -0.3 is 15.5 Å². The standard InChI is InChI=1S/C13H19N3O2/c1-14-13(18)11-6-4-10(5-7-11)8-15-9-12(17)16(2)3/h4-7,15H,8-9H2,1-3H3,(H,14,18). The molecule has 5 heteroatoms. The highest BCUT2D eigenvalue weighted by Crippen LogP contribution is 2.04. The molecule has 1 aromatic carbocycles. The summed E-state index contributed by atoms with van der Waals surface area (Å²) in [6.45, 7) is 0.914. The number of nitrogens with zero attached hydrogens (tertiary/aromatic N) is 1. The molecular formula is C13H19N3O2. The fourth-order valence-corrected chi connectivity index (χ4v) is 1.39. The third-order valence-electron chi connectivity index (χ3n) is 2.55. The number of carbonyl (C=O) groups excluding carboxylic acids is 2. The Hall–Kier alpha value is -1.88. The van der Waals surface area contributed by atoms with Crippen LogP contribution >= 0.6 is 0 Å². The van der Waals surface area contributed by atoms with Crippen molar-refractivity contribution in [3.8, 4) is 0 Å². The zero-order valence-corrected chi connectivity index (χ0v) is 11.0. The van der Waals surface area contributed by atoms with E-state index in [1.807, 2.05) is 12.1 Å². The number of rotatable bonds is 5. The summed E-state index contributed by atoms with van der Waals surface area (Å²) in [5.41, 5.74) is 1.67. The molecule has 0 aliphatic heterocycles. The van der Waals surface area contributed by atoms with E-state index in [4.69, 9.17) is 0 Å². The van der Waals surface area contributed by atoms with Crippen LogP contribution in [0.4, 0.5) is 0 Å². The van der Waals surface area contributed by atoms with Gasteiger partial charge in [-0.05, 0) is 17.7 Å². The summed E-state index contributed by atoms with van der Waals surface area (Å²) in [4.78, 5) is 24.2. The second kappa shape index (κ2) is 6.76. The number of amides is 2. The molecule has 5 nitrogen and oxygen atoms in total. The monoisotopic (exact) mass is 249 g/mol. The molecule has 0 radical (unpaired) electrons. The molecule has 0 aliphatic rings. The molecule has 0 unspecified atom stereocenters. The minimum absolute atomic E-state index is 0.0389. The van der Waals surface area contributed by atoms with Gasteiger partial charge >= 0.3 is 0 Å². The van der Waals surface area contributed by atoms with Crippen molar-refractivity contribution in [2.45, 2.75) is 6.54 Å². The maximum absolute atomic E-state index is 11.3. The summed E-state index contributed by atoms with van der Waals surface area (Å²) in [7, 11) is 5.05. The first kappa shape index (κ1) is 14.2. The van der Waals surface area contributed by atoms with Crippen LogP contribution in [0.5, 0.6) is 0 Å². The molecule has 2 amide bonds. The topological polar surface area (TPSA) is 61.4 Å². The molecule has 1 rings (SSSR count). The largest absolute Gasteiger partial charge is 0.355 e. The molecule has 0 aromatic heterocycles. The molecule has 0 atom stereocenters. The molecule has 0 heterocycles. The van der Waals surface area contributed by atoms with Crippen molar-refractivity contribution in [3.05, 3.63) is 35.4 Å². The summed E-state index contributed by atoms with van der Waals surface area (Å²) in [6.07, 6.45) is 0. The van der Waals surface area contributed by atoms with Gasteiger partial charge in [0.05, 0.1) is 6.54 Å². The van der Waals surface area contributed by atoms with Gasteiger partial charge in [0.1, 0.15) is 0 Å². The molecule has 2 N–H and O–H groups in total. The molecule has 18 heavy (non-hydrogen) atoms. The second-order valence-electron chi connectivity index (χ2n) is 4.17. The lowest BCUT2D eigenvalue weighted by molar-refractivity contribution is -0.127. The van der Waals surface area contributed by atoms with Crippen molar-refractivity contribution in [1.29, 1.82) is 0 Å².